The highest BCUT2D eigenvalue weighted by Crippen LogP contribution is 2.39. The number of carbonyl (C=O) groups is 1. The van der Waals surface area contributed by atoms with Crippen LogP contribution in [0.5, 0.6) is 0 Å². The van der Waals surface area contributed by atoms with Crippen molar-refractivity contribution >= 4 is 33.3 Å². The molecule has 3 atom stereocenters. The topological polar surface area (TPSA) is 49.3 Å². The molecule has 0 N–H and O–H groups in total. The van der Waals surface area contributed by atoms with Gasteiger partial charge >= 0.3 is 0 Å². The number of nitrogens with zero attached hydrogens (tertiary/aromatic N) is 4. The summed E-state index contributed by atoms with van der Waals surface area (Å²) < 4.78 is 0. The predicted molar refractivity (Wildman–Crippen MR) is 95.2 cm³/mol. The molecule has 2 aromatic rings. The van der Waals surface area contributed by atoms with E-state index in [0.29, 0.717) is 5.91 Å². The molecular formula is C18H22N4OS. The van der Waals surface area contributed by atoms with Gasteiger partial charge in [0.15, 0.2) is 0 Å². The Balaban J connectivity index is 1.41. The quantitative estimate of drug-likeness (QED) is 0.842. The number of aromatic nitrogens is 2. The molecule has 0 aromatic carbocycles. The molecule has 0 unspecified atom stereocenters. The van der Waals surface area contributed by atoms with Crippen LogP contribution in [0.3, 0.4) is 0 Å². The zero-order chi connectivity index (χ0) is 16.1. The second kappa shape index (κ2) is 5.69. The molecule has 24 heavy (non-hydrogen) atoms. The van der Waals surface area contributed by atoms with E-state index >= 15 is 0 Å². The second-order valence-electron chi connectivity index (χ2n) is 7.38. The number of amides is 1. The van der Waals surface area contributed by atoms with Crippen molar-refractivity contribution in [2.24, 2.45) is 11.8 Å². The predicted octanol–water partition coefficient (Wildman–Crippen LogP) is 2.92. The summed E-state index contributed by atoms with van der Waals surface area (Å²) in [5.74, 6) is 2.78. The van der Waals surface area contributed by atoms with Gasteiger partial charge in [0.05, 0.1) is 5.39 Å². The molecule has 6 heteroatoms. The molecule has 1 saturated carbocycles. The molecule has 2 saturated heterocycles. The van der Waals surface area contributed by atoms with Gasteiger partial charge in [0.2, 0.25) is 5.91 Å². The zero-order valence-corrected chi connectivity index (χ0v) is 14.5. The summed E-state index contributed by atoms with van der Waals surface area (Å²) in [4.78, 5) is 27.4. The first kappa shape index (κ1) is 14.6. The van der Waals surface area contributed by atoms with Crippen molar-refractivity contribution < 1.29 is 4.79 Å². The lowest BCUT2D eigenvalue weighted by Gasteiger charge is -2.29. The molecule has 2 aromatic heterocycles. The molecule has 3 aliphatic rings. The van der Waals surface area contributed by atoms with Gasteiger partial charge in [-0.2, -0.15) is 0 Å². The monoisotopic (exact) mass is 342 g/mol. The third-order valence-corrected chi connectivity index (χ3v) is 6.91. The summed E-state index contributed by atoms with van der Waals surface area (Å²) in [5.41, 5.74) is 0. The third-order valence-electron chi connectivity index (χ3n) is 6.09. The molecule has 126 valence electrons. The van der Waals surface area contributed by atoms with Gasteiger partial charge in [-0.25, -0.2) is 9.97 Å². The summed E-state index contributed by atoms with van der Waals surface area (Å²) in [6.45, 7) is 2.87. The summed E-state index contributed by atoms with van der Waals surface area (Å²) in [6, 6.07) is 2.04. The maximum absolute atomic E-state index is 13.2. The Morgan fingerprint density at radius 2 is 1.96 bits per heavy atom. The van der Waals surface area contributed by atoms with E-state index in [2.05, 4.69) is 31.2 Å². The van der Waals surface area contributed by atoms with Crippen molar-refractivity contribution in [1.82, 2.24) is 14.9 Å². The van der Waals surface area contributed by atoms with Gasteiger partial charge in [-0.15, -0.1) is 11.3 Å². The molecule has 0 spiro atoms. The van der Waals surface area contributed by atoms with Crippen LogP contribution in [-0.4, -0.2) is 46.5 Å². The smallest absolute Gasteiger partial charge is 0.245 e. The molecular weight excluding hydrogens is 320 g/mol. The highest BCUT2D eigenvalue weighted by molar-refractivity contribution is 7.16. The largest absolute Gasteiger partial charge is 0.344 e. The fourth-order valence-electron chi connectivity index (χ4n) is 4.91. The summed E-state index contributed by atoms with van der Waals surface area (Å²) in [7, 11) is 0. The Hall–Kier alpha value is -1.69. The van der Waals surface area contributed by atoms with Gasteiger partial charge < -0.3 is 9.80 Å². The molecule has 1 amide bonds. The summed E-state index contributed by atoms with van der Waals surface area (Å²) in [6.07, 6.45) is 7.61. The van der Waals surface area contributed by atoms with Crippen molar-refractivity contribution in [2.75, 3.05) is 24.5 Å². The van der Waals surface area contributed by atoms with E-state index < -0.39 is 0 Å². The average molecular weight is 342 g/mol. The van der Waals surface area contributed by atoms with Crippen LogP contribution in [0, 0.1) is 11.8 Å². The molecule has 3 fully saturated rings. The lowest BCUT2D eigenvalue weighted by atomic mass is 10.0. The Morgan fingerprint density at radius 3 is 2.79 bits per heavy atom. The Bertz CT molecular complexity index is 763. The highest BCUT2D eigenvalue weighted by atomic mass is 32.1. The second-order valence-corrected chi connectivity index (χ2v) is 8.28. The van der Waals surface area contributed by atoms with Crippen molar-refractivity contribution in [3.05, 3.63) is 17.8 Å². The van der Waals surface area contributed by atoms with Gasteiger partial charge in [-0.3, -0.25) is 4.79 Å². The molecule has 5 nitrogen and oxygen atoms in total. The highest BCUT2D eigenvalue weighted by Gasteiger charge is 2.42. The van der Waals surface area contributed by atoms with Crippen LogP contribution in [0.25, 0.3) is 10.2 Å². The van der Waals surface area contributed by atoms with E-state index in [1.165, 1.54) is 19.3 Å². The fraction of sp³-hybridized carbons (Fsp3) is 0.611. The Kier molecular flexibility index (Phi) is 3.47. The van der Waals surface area contributed by atoms with Crippen molar-refractivity contribution in [2.45, 2.75) is 38.1 Å². The SMILES string of the molecule is O=C([C@@H]1CCCN1c1ncnc2sccc12)N1C[C@H]2CCC[C@@H]2C1. The minimum absolute atomic E-state index is 0.0400. The first-order chi connectivity index (χ1) is 11.8. The maximum Gasteiger partial charge on any atom is 0.245 e. The molecule has 0 radical (unpaired) electrons. The van der Waals surface area contributed by atoms with E-state index in [-0.39, 0.29) is 6.04 Å². The van der Waals surface area contributed by atoms with Crippen molar-refractivity contribution in [3.63, 3.8) is 0 Å². The standard InChI is InChI=1S/C18H22N4OS/c23-18(21-9-12-3-1-4-13(12)10-21)15-5-2-7-22(15)16-14-6-8-24-17(14)20-11-19-16/h6,8,11-13,15H,1-5,7,9-10H2/t12-,13-,15+/m1/s1. The molecule has 4 heterocycles. The van der Waals surface area contributed by atoms with Gasteiger partial charge in [-0.05, 0) is 49.0 Å². The van der Waals surface area contributed by atoms with Gasteiger partial charge in [0.25, 0.3) is 0 Å². The summed E-state index contributed by atoms with van der Waals surface area (Å²) in [5, 5.41) is 3.14. The number of thiophene rings is 1. The Labute approximate surface area is 145 Å². The lowest BCUT2D eigenvalue weighted by Crippen LogP contribution is -2.45. The van der Waals surface area contributed by atoms with Gasteiger partial charge in [0, 0.05) is 19.6 Å². The zero-order valence-electron chi connectivity index (χ0n) is 13.7. The van der Waals surface area contributed by atoms with Crippen molar-refractivity contribution in [1.29, 1.82) is 0 Å². The first-order valence-corrected chi connectivity index (χ1v) is 9.93. The molecule has 2 aliphatic heterocycles. The van der Waals surface area contributed by atoms with Gasteiger partial charge in [0.1, 0.15) is 23.0 Å². The number of anilines is 1. The van der Waals surface area contributed by atoms with Crippen LogP contribution in [0.1, 0.15) is 32.1 Å². The fourth-order valence-corrected chi connectivity index (χ4v) is 5.64. The van der Waals surface area contributed by atoms with Crippen LogP contribution in [-0.2, 0) is 4.79 Å². The minimum Gasteiger partial charge on any atom is -0.344 e. The van der Waals surface area contributed by atoms with E-state index in [4.69, 9.17) is 0 Å². The van der Waals surface area contributed by atoms with Crippen LogP contribution >= 0.6 is 11.3 Å². The van der Waals surface area contributed by atoms with Gasteiger partial charge in [-0.1, -0.05) is 6.42 Å². The maximum atomic E-state index is 13.2. The summed E-state index contributed by atoms with van der Waals surface area (Å²) >= 11 is 1.63. The van der Waals surface area contributed by atoms with Crippen LogP contribution < -0.4 is 4.90 Å². The molecule has 1 aliphatic carbocycles. The number of fused-ring (bicyclic) bond motifs is 2. The number of hydrogen-bond donors (Lipinski definition) is 0. The van der Waals surface area contributed by atoms with Crippen molar-refractivity contribution in [3.8, 4) is 0 Å². The van der Waals surface area contributed by atoms with Crippen LogP contribution in [0.4, 0.5) is 5.82 Å². The molecule has 0 bridgehead atoms. The van der Waals surface area contributed by atoms with E-state index in [1.807, 2.05) is 0 Å². The van der Waals surface area contributed by atoms with E-state index in [1.54, 1.807) is 17.7 Å². The van der Waals surface area contributed by atoms with Crippen LogP contribution in [0.2, 0.25) is 0 Å². The number of carbonyl (C=O) groups excluding carboxylic acids is 1. The number of likely N-dealkylation sites (tertiary alicyclic amines) is 1. The van der Waals surface area contributed by atoms with E-state index in [0.717, 1.165) is 60.3 Å². The lowest BCUT2D eigenvalue weighted by molar-refractivity contribution is -0.131. The first-order valence-electron chi connectivity index (χ1n) is 9.05. The molecule has 5 rings (SSSR count). The Morgan fingerprint density at radius 1 is 1.12 bits per heavy atom. The normalized spacial score (nSPS) is 29.6. The van der Waals surface area contributed by atoms with E-state index in [9.17, 15) is 4.79 Å². The average Bonchev–Trinajstić information content (AvgIpc) is 3.35. The van der Waals surface area contributed by atoms with Crippen LogP contribution in [0.15, 0.2) is 17.8 Å². The number of rotatable bonds is 2. The third kappa shape index (κ3) is 2.23. The minimum atomic E-state index is -0.0400. The number of hydrogen-bond acceptors (Lipinski definition) is 5.